The maximum Gasteiger partial charge on any atom is 0.303 e. The molecule has 206 valence electrons. The molecule has 0 aromatic carbocycles. The van der Waals surface area contributed by atoms with E-state index in [9.17, 15) is 19.2 Å². The van der Waals surface area contributed by atoms with Crippen LogP contribution in [-0.2, 0) is 42.9 Å². The average molecular weight is 521 g/mol. The summed E-state index contributed by atoms with van der Waals surface area (Å²) in [5.41, 5.74) is -0.145. The van der Waals surface area contributed by atoms with Crippen molar-refractivity contribution in [3.8, 4) is 0 Å². The van der Waals surface area contributed by atoms with Gasteiger partial charge in [-0.15, -0.1) is 0 Å². The van der Waals surface area contributed by atoms with Gasteiger partial charge in [0.15, 0.2) is 6.10 Å². The molecule has 0 amide bonds. The van der Waals surface area contributed by atoms with E-state index in [0.717, 1.165) is 11.1 Å². The number of carbonyl (C=O) groups excluding carboxylic acids is 4. The molecule has 4 aliphatic rings. The van der Waals surface area contributed by atoms with Crippen molar-refractivity contribution in [2.24, 2.45) is 22.7 Å². The van der Waals surface area contributed by atoms with Gasteiger partial charge in [0.2, 0.25) is 0 Å². The molecule has 3 aliphatic carbocycles. The summed E-state index contributed by atoms with van der Waals surface area (Å²) in [6.45, 7) is 14.1. The highest BCUT2D eigenvalue weighted by molar-refractivity contribution is 5.69. The minimum absolute atomic E-state index is 0.0355. The van der Waals surface area contributed by atoms with Crippen LogP contribution in [0.2, 0.25) is 0 Å². The van der Waals surface area contributed by atoms with Crippen LogP contribution < -0.4 is 0 Å². The summed E-state index contributed by atoms with van der Waals surface area (Å²) in [6.07, 6.45) is -0.169. The van der Waals surface area contributed by atoms with E-state index in [-0.39, 0.29) is 23.8 Å². The summed E-state index contributed by atoms with van der Waals surface area (Å²) in [7, 11) is 0. The van der Waals surface area contributed by atoms with E-state index in [1.54, 1.807) is 0 Å². The largest absolute Gasteiger partial charge is 0.459 e. The number of hydrogen-bond donors (Lipinski definition) is 0. The Morgan fingerprint density at radius 3 is 1.92 bits per heavy atom. The molecule has 9 heteroatoms. The van der Waals surface area contributed by atoms with Crippen LogP contribution in [0.15, 0.2) is 11.1 Å². The Morgan fingerprint density at radius 2 is 1.41 bits per heavy atom. The zero-order valence-corrected chi connectivity index (χ0v) is 23.2. The highest BCUT2D eigenvalue weighted by Gasteiger charge is 2.71. The molecule has 1 heterocycles. The molecule has 3 fully saturated rings. The predicted octanol–water partition coefficient (Wildman–Crippen LogP) is 3.66. The third-order valence-electron chi connectivity index (χ3n) is 9.41. The summed E-state index contributed by atoms with van der Waals surface area (Å²) in [5.74, 6) is -1.85. The van der Waals surface area contributed by atoms with Crippen LogP contribution >= 0.6 is 0 Å². The summed E-state index contributed by atoms with van der Waals surface area (Å²) in [5, 5.41) is 0. The van der Waals surface area contributed by atoms with Gasteiger partial charge in [0.05, 0.1) is 6.61 Å². The van der Waals surface area contributed by atoms with Crippen molar-refractivity contribution >= 4 is 23.9 Å². The molecule has 4 rings (SSSR count). The van der Waals surface area contributed by atoms with Gasteiger partial charge in [0.25, 0.3) is 0 Å². The Bertz CT molecular complexity index is 1020. The van der Waals surface area contributed by atoms with Gasteiger partial charge in [-0.2, -0.15) is 0 Å². The van der Waals surface area contributed by atoms with Gasteiger partial charge in [-0.05, 0) is 55.1 Å². The maximum absolute atomic E-state index is 12.5. The zero-order valence-electron chi connectivity index (χ0n) is 23.2. The highest BCUT2D eigenvalue weighted by Crippen LogP contribution is 2.64. The molecule has 0 unspecified atom stereocenters. The standard InChI is InChI=1S/C28H40O9/c1-14-20(34-15(2)29)11-19-12-21-27(8,10-9-22(35-16(3)30)28(21)13-33-28)25(37-18(5)32)24(36-17(4)31)23(14)26(19,6)7/h19-22,24-25H,9-13H2,1-8H3/t19-,20-,21-,22-,24+,25-,27+,28-/m0/s1. The second-order valence-corrected chi connectivity index (χ2v) is 12.1. The number of hydrogen-bond acceptors (Lipinski definition) is 9. The Hall–Kier alpha value is -2.42. The smallest absolute Gasteiger partial charge is 0.303 e. The molecule has 2 bridgehead atoms. The SMILES string of the molecule is CC(=O)O[C@H]1C[C@H]2C[C@H]3[C@@](C)(CC[C@H](OC(C)=O)[C@]34CO4)[C@@H](OC(C)=O)[C@H](OC(C)=O)C(=C1C)C2(C)C. The Morgan fingerprint density at radius 1 is 0.838 bits per heavy atom. The van der Waals surface area contributed by atoms with Crippen LogP contribution in [0.1, 0.15) is 81.1 Å². The number of epoxide rings is 1. The number of ether oxygens (including phenoxy) is 5. The molecule has 0 N–H and O–H groups in total. The summed E-state index contributed by atoms with van der Waals surface area (Å²) >= 11 is 0. The van der Waals surface area contributed by atoms with Crippen LogP contribution in [0.3, 0.4) is 0 Å². The quantitative estimate of drug-likeness (QED) is 0.237. The van der Waals surface area contributed by atoms with Gasteiger partial charge in [-0.3, -0.25) is 19.2 Å². The van der Waals surface area contributed by atoms with Crippen molar-refractivity contribution in [2.75, 3.05) is 6.61 Å². The number of fused-ring (bicyclic) bond motifs is 4. The van der Waals surface area contributed by atoms with Crippen LogP contribution in [-0.4, -0.2) is 60.5 Å². The molecule has 0 radical (unpaired) electrons. The van der Waals surface area contributed by atoms with Gasteiger partial charge in [0, 0.05) is 39.0 Å². The molecule has 1 saturated heterocycles. The van der Waals surface area contributed by atoms with Gasteiger partial charge in [-0.25, -0.2) is 0 Å². The van der Waals surface area contributed by atoms with Crippen LogP contribution in [0.25, 0.3) is 0 Å². The topological polar surface area (TPSA) is 118 Å². The molecule has 1 spiro atoms. The molecule has 8 atom stereocenters. The van der Waals surface area contributed by atoms with Gasteiger partial charge in [-0.1, -0.05) is 20.8 Å². The van der Waals surface area contributed by atoms with E-state index in [1.807, 2.05) is 6.92 Å². The lowest BCUT2D eigenvalue weighted by molar-refractivity contribution is -0.203. The lowest BCUT2D eigenvalue weighted by atomic mass is 9.49. The van der Waals surface area contributed by atoms with E-state index >= 15 is 0 Å². The monoisotopic (exact) mass is 520 g/mol. The van der Waals surface area contributed by atoms with Gasteiger partial charge < -0.3 is 23.7 Å². The van der Waals surface area contributed by atoms with Gasteiger partial charge in [0.1, 0.15) is 23.9 Å². The van der Waals surface area contributed by atoms with Crippen molar-refractivity contribution in [1.29, 1.82) is 0 Å². The Kier molecular flexibility index (Phi) is 7.01. The minimum Gasteiger partial charge on any atom is -0.459 e. The van der Waals surface area contributed by atoms with E-state index in [4.69, 9.17) is 23.7 Å². The average Bonchev–Trinajstić information content (AvgIpc) is 3.54. The van der Waals surface area contributed by atoms with E-state index < -0.39 is 52.8 Å². The fourth-order valence-electron chi connectivity index (χ4n) is 7.69. The minimum atomic E-state index is -0.869. The van der Waals surface area contributed by atoms with Crippen molar-refractivity contribution in [3.63, 3.8) is 0 Å². The molecular weight excluding hydrogens is 480 g/mol. The first-order chi connectivity index (χ1) is 17.1. The number of esters is 4. The fourth-order valence-corrected chi connectivity index (χ4v) is 7.69. The van der Waals surface area contributed by atoms with Crippen LogP contribution in [0, 0.1) is 22.7 Å². The number of rotatable bonds is 4. The first-order valence-corrected chi connectivity index (χ1v) is 13.2. The second-order valence-electron chi connectivity index (χ2n) is 12.1. The lowest BCUT2D eigenvalue weighted by Gasteiger charge is -2.59. The van der Waals surface area contributed by atoms with E-state index in [2.05, 4.69) is 20.8 Å². The Balaban J connectivity index is 1.94. The number of carbonyl (C=O) groups is 4. The molecule has 0 aromatic heterocycles. The second kappa shape index (κ2) is 9.40. The normalized spacial score (nSPS) is 40.0. The zero-order chi connectivity index (χ0) is 27.5. The van der Waals surface area contributed by atoms with Crippen LogP contribution in [0.4, 0.5) is 0 Å². The van der Waals surface area contributed by atoms with Gasteiger partial charge >= 0.3 is 23.9 Å². The van der Waals surface area contributed by atoms with Crippen LogP contribution in [0.5, 0.6) is 0 Å². The predicted molar refractivity (Wildman–Crippen MR) is 131 cm³/mol. The van der Waals surface area contributed by atoms with Crippen molar-refractivity contribution < 1.29 is 42.9 Å². The summed E-state index contributed by atoms with van der Waals surface area (Å²) in [4.78, 5) is 49.0. The highest BCUT2D eigenvalue weighted by atomic mass is 16.6. The first kappa shape index (κ1) is 27.6. The summed E-state index contributed by atoms with van der Waals surface area (Å²) in [6, 6.07) is 0. The summed E-state index contributed by atoms with van der Waals surface area (Å²) < 4.78 is 29.8. The van der Waals surface area contributed by atoms with E-state index in [0.29, 0.717) is 32.3 Å². The lowest BCUT2D eigenvalue weighted by Crippen LogP contribution is -2.63. The molecule has 0 aromatic rings. The first-order valence-electron chi connectivity index (χ1n) is 13.2. The molecule has 2 saturated carbocycles. The third-order valence-corrected chi connectivity index (χ3v) is 9.41. The molecule has 37 heavy (non-hydrogen) atoms. The fraction of sp³-hybridized carbons (Fsp3) is 0.786. The van der Waals surface area contributed by atoms with Crippen molar-refractivity contribution in [2.45, 2.75) is 111 Å². The molecular formula is C28H40O9. The third kappa shape index (κ3) is 4.68. The molecule has 1 aliphatic heterocycles. The van der Waals surface area contributed by atoms with E-state index in [1.165, 1.54) is 27.7 Å². The maximum atomic E-state index is 12.5. The Labute approximate surface area is 218 Å². The van der Waals surface area contributed by atoms with Crippen molar-refractivity contribution in [1.82, 2.24) is 0 Å². The molecule has 9 nitrogen and oxygen atoms in total. The van der Waals surface area contributed by atoms with Crippen molar-refractivity contribution in [3.05, 3.63) is 11.1 Å².